The van der Waals surface area contributed by atoms with Crippen LogP contribution < -0.4 is 4.72 Å². The first kappa shape index (κ1) is 14.2. The van der Waals surface area contributed by atoms with Crippen molar-refractivity contribution in [2.75, 3.05) is 4.72 Å². The van der Waals surface area contributed by atoms with Gasteiger partial charge < -0.3 is 4.57 Å². The number of sulfonamides is 1. The summed E-state index contributed by atoms with van der Waals surface area (Å²) in [5.41, 5.74) is 1.04. The zero-order valence-corrected chi connectivity index (χ0v) is 12.5. The summed E-state index contributed by atoms with van der Waals surface area (Å²) < 4.78 is 28.2. The fourth-order valence-electron chi connectivity index (χ4n) is 1.49. The SMILES string of the molecule is Cc1c(Cl)cccc1NS(=O)(=O)c1ncn(C)c1Cl. The second-order valence-electron chi connectivity index (χ2n) is 3.97. The van der Waals surface area contributed by atoms with Crippen molar-refractivity contribution in [1.82, 2.24) is 9.55 Å². The first-order valence-corrected chi connectivity index (χ1v) is 7.51. The van der Waals surface area contributed by atoms with Gasteiger partial charge in [0.2, 0.25) is 5.03 Å². The van der Waals surface area contributed by atoms with Crippen LogP contribution in [0, 0.1) is 6.92 Å². The van der Waals surface area contributed by atoms with Crippen LogP contribution in [0.5, 0.6) is 0 Å². The van der Waals surface area contributed by atoms with Crippen LogP contribution in [0.25, 0.3) is 0 Å². The predicted octanol–water partition coefficient (Wildman–Crippen LogP) is 2.84. The summed E-state index contributed by atoms with van der Waals surface area (Å²) in [5.74, 6) is 0. The average Bonchev–Trinajstić information content (AvgIpc) is 2.66. The van der Waals surface area contributed by atoms with Gasteiger partial charge in [0.05, 0.1) is 12.0 Å². The molecule has 0 bridgehead atoms. The Balaban J connectivity index is 2.42. The standard InChI is InChI=1S/C11H11Cl2N3O2S/c1-7-8(12)4-3-5-9(7)15-19(17,18)11-10(13)16(2)6-14-11/h3-6,15H,1-2H3. The van der Waals surface area contributed by atoms with Crippen LogP contribution in [0.1, 0.15) is 5.56 Å². The Morgan fingerprint density at radius 3 is 2.58 bits per heavy atom. The number of hydrogen-bond acceptors (Lipinski definition) is 3. The normalized spacial score (nSPS) is 11.6. The third kappa shape index (κ3) is 2.70. The van der Waals surface area contributed by atoms with Gasteiger partial charge in [-0.15, -0.1) is 0 Å². The lowest BCUT2D eigenvalue weighted by atomic mass is 10.2. The molecule has 2 aromatic rings. The Hall–Kier alpha value is -1.24. The van der Waals surface area contributed by atoms with Crippen LogP contribution in [0.15, 0.2) is 29.6 Å². The number of aromatic nitrogens is 2. The number of rotatable bonds is 3. The molecule has 0 aliphatic rings. The number of aryl methyl sites for hydroxylation is 1. The third-order valence-electron chi connectivity index (χ3n) is 2.60. The van der Waals surface area contributed by atoms with Gasteiger partial charge in [-0.1, -0.05) is 29.3 Å². The molecule has 0 unspecified atom stereocenters. The van der Waals surface area contributed by atoms with Crippen molar-refractivity contribution >= 4 is 38.9 Å². The first-order chi connectivity index (χ1) is 8.83. The molecule has 0 fully saturated rings. The van der Waals surface area contributed by atoms with Crippen LogP contribution >= 0.6 is 23.2 Å². The molecule has 0 aliphatic carbocycles. The number of imidazole rings is 1. The minimum atomic E-state index is -3.83. The Labute approximate surface area is 121 Å². The zero-order chi connectivity index (χ0) is 14.2. The summed E-state index contributed by atoms with van der Waals surface area (Å²) in [6.45, 7) is 1.72. The van der Waals surface area contributed by atoms with E-state index in [1.54, 1.807) is 32.2 Å². The van der Waals surface area contributed by atoms with Crippen LogP contribution in [0.2, 0.25) is 10.2 Å². The van der Waals surface area contributed by atoms with Gasteiger partial charge in [0.25, 0.3) is 10.0 Å². The van der Waals surface area contributed by atoms with Crippen molar-refractivity contribution in [3.63, 3.8) is 0 Å². The number of halogens is 2. The molecule has 0 radical (unpaired) electrons. The van der Waals surface area contributed by atoms with Gasteiger partial charge >= 0.3 is 0 Å². The number of hydrogen-bond donors (Lipinski definition) is 1. The first-order valence-electron chi connectivity index (χ1n) is 5.27. The van der Waals surface area contributed by atoms with Crippen molar-refractivity contribution in [2.45, 2.75) is 11.9 Å². The molecule has 1 aromatic carbocycles. The fraction of sp³-hybridized carbons (Fsp3) is 0.182. The van der Waals surface area contributed by atoms with Crippen molar-refractivity contribution in [2.24, 2.45) is 7.05 Å². The summed E-state index contributed by atoms with van der Waals surface area (Å²) in [6, 6.07) is 4.96. The molecule has 0 saturated heterocycles. The topological polar surface area (TPSA) is 64.0 Å². The van der Waals surface area contributed by atoms with Crippen molar-refractivity contribution in [3.8, 4) is 0 Å². The second kappa shape index (κ2) is 5.03. The molecule has 5 nitrogen and oxygen atoms in total. The molecule has 0 aliphatic heterocycles. The van der Waals surface area contributed by atoms with E-state index in [0.29, 0.717) is 16.3 Å². The molecule has 102 valence electrons. The molecule has 0 saturated carbocycles. The number of anilines is 1. The van der Waals surface area contributed by atoms with E-state index in [4.69, 9.17) is 23.2 Å². The van der Waals surface area contributed by atoms with E-state index in [1.165, 1.54) is 10.9 Å². The van der Waals surface area contributed by atoms with Crippen LogP contribution in [0.4, 0.5) is 5.69 Å². The highest BCUT2D eigenvalue weighted by Gasteiger charge is 2.23. The summed E-state index contributed by atoms with van der Waals surface area (Å²) in [5, 5.41) is 0.315. The Bertz CT molecular complexity index is 726. The molecular weight excluding hydrogens is 309 g/mol. The molecule has 1 heterocycles. The molecule has 0 spiro atoms. The van der Waals surface area contributed by atoms with E-state index in [2.05, 4.69) is 9.71 Å². The van der Waals surface area contributed by atoms with E-state index in [-0.39, 0.29) is 10.2 Å². The van der Waals surface area contributed by atoms with Gasteiger partial charge in [0.15, 0.2) is 0 Å². The minimum Gasteiger partial charge on any atom is -0.324 e. The molecule has 0 amide bonds. The highest BCUT2D eigenvalue weighted by Crippen LogP contribution is 2.27. The second-order valence-corrected chi connectivity index (χ2v) is 6.33. The lowest BCUT2D eigenvalue weighted by molar-refractivity contribution is 0.598. The predicted molar refractivity (Wildman–Crippen MR) is 75.2 cm³/mol. The molecule has 19 heavy (non-hydrogen) atoms. The van der Waals surface area contributed by atoms with Crippen LogP contribution in [-0.4, -0.2) is 18.0 Å². The lowest BCUT2D eigenvalue weighted by Crippen LogP contribution is -2.15. The summed E-state index contributed by atoms with van der Waals surface area (Å²) >= 11 is 11.8. The van der Waals surface area contributed by atoms with Crippen LogP contribution in [0.3, 0.4) is 0 Å². The minimum absolute atomic E-state index is 0.0483. The zero-order valence-electron chi connectivity index (χ0n) is 10.2. The quantitative estimate of drug-likeness (QED) is 0.946. The Morgan fingerprint density at radius 1 is 1.32 bits per heavy atom. The molecule has 8 heteroatoms. The number of nitrogens with zero attached hydrogens (tertiary/aromatic N) is 2. The van der Waals surface area contributed by atoms with Gasteiger partial charge in [-0.2, -0.15) is 8.42 Å². The van der Waals surface area contributed by atoms with Crippen molar-refractivity contribution in [3.05, 3.63) is 40.3 Å². The summed E-state index contributed by atoms with van der Waals surface area (Å²) in [7, 11) is -2.22. The van der Waals surface area contributed by atoms with Gasteiger partial charge in [0, 0.05) is 12.1 Å². The maximum Gasteiger partial charge on any atom is 0.282 e. The molecular formula is C11H11Cl2N3O2S. The van der Waals surface area contributed by atoms with E-state index < -0.39 is 10.0 Å². The van der Waals surface area contributed by atoms with Gasteiger partial charge in [-0.3, -0.25) is 4.72 Å². The van der Waals surface area contributed by atoms with Crippen molar-refractivity contribution < 1.29 is 8.42 Å². The number of benzene rings is 1. The number of nitrogens with one attached hydrogen (secondary N) is 1. The van der Waals surface area contributed by atoms with Gasteiger partial charge in [0.1, 0.15) is 5.15 Å². The average molecular weight is 320 g/mol. The summed E-state index contributed by atoms with van der Waals surface area (Å²) in [6.07, 6.45) is 1.34. The van der Waals surface area contributed by atoms with Gasteiger partial charge in [-0.05, 0) is 24.6 Å². The largest absolute Gasteiger partial charge is 0.324 e. The maximum atomic E-state index is 12.2. The lowest BCUT2D eigenvalue weighted by Gasteiger charge is -2.10. The fourth-order valence-corrected chi connectivity index (χ4v) is 3.22. The van der Waals surface area contributed by atoms with E-state index in [0.717, 1.165) is 0 Å². The van der Waals surface area contributed by atoms with Crippen molar-refractivity contribution in [1.29, 1.82) is 0 Å². The highest BCUT2D eigenvalue weighted by atomic mass is 35.5. The van der Waals surface area contributed by atoms with E-state index in [9.17, 15) is 8.42 Å². The molecule has 1 N–H and O–H groups in total. The molecule has 0 atom stereocenters. The third-order valence-corrected chi connectivity index (χ3v) is 4.86. The summed E-state index contributed by atoms with van der Waals surface area (Å²) in [4.78, 5) is 3.78. The van der Waals surface area contributed by atoms with E-state index >= 15 is 0 Å². The maximum absolute atomic E-state index is 12.2. The molecule has 1 aromatic heterocycles. The Morgan fingerprint density at radius 2 is 2.00 bits per heavy atom. The monoisotopic (exact) mass is 319 g/mol. The molecule has 2 rings (SSSR count). The van der Waals surface area contributed by atoms with Gasteiger partial charge in [-0.25, -0.2) is 4.98 Å². The van der Waals surface area contributed by atoms with E-state index in [1.807, 2.05) is 0 Å². The highest BCUT2D eigenvalue weighted by molar-refractivity contribution is 7.92. The smallest absolute Gasteiger partial charge is 0.282 e. The van der Waals surface area contributed by atoms with Crippen LogP contribution in [-0.2, 0) is 17.1 Å². The Kier molecular flexibility index (Phi) is 3.75.